The Morgan fingerprint density at radius 2 is 2.31 bits per heavy atom. The molecule has 1 aromatic heterocycles. The van der Waals surface area contributed by atoms with Crippen molar-refractivity contribution < 1.29 is 0 Å². The van der Waals surface area contributed by atoms with Gasteiger partial charge in [-0.3, -0.25) is 0 Å². The Balaban J connectivity index is 2.13. The van der Waals surface area contributed by atoms with E-state index >= 15 is 0 Å². The summed E-state index contributed by atoms with van der Waals surface area (Å²) in [6.07, 6.45) is 1.01. The number of hydrogen-bond acceptors (Lipinski definition) is 3. The highest BCUT2D eigenvalue weighted by molar-refractivity contribution is 7.99. The minimum atomic E-state index is 0.250. The Labute approximate surface area is 99.8 Å². The van der Waals surface area contributed by atoms with Gasteiger partial charge in [0.05, 0.1) is 11.0 Å². The molecule has 0 spiro atoms. The van der Waals surface area contributed by atoms with Crippen LogP contribution in [0, 0.1) is 6.92 Å². The number of nitrogens with two attached hydrogens (primary N) is 1. The lowest BCUT2D eigenvalue weighted by Crippen LogP contribution is -2.21. The number of aromatic nitrogens is 2. The monoisotopic (exact) mass is 235 g/mol. The molecule has 4 heteroatoms. The summed E-state index contributed by atoms with van der Waals surface area (Å²) in [5.74, 6) is 0.912. The summed E-state index contributed by atoms with van der Waals surface area (Å²) in [5, 5.41) is 0.963. The van der Waals surface area contributed by atoms with E-state index in [0.29, 0.717) is 0 Å². The fraction of sp³-hybridized carbons (Fsp3) is 0.417. The number of nitrogens with one attached hydrogen (secondary N) is 1. The summed E-state index contributed by atoms with van der Waals surface area (Å²) < 4.78 is 0. The summed E-state index contributed by atoms with van der Waals surface area (Å²) in [7, 11) is 0. The van der Waals surface area contributed by atoms with Crippen molar-refractivity contribution in [2.24, 2.45) is 5.73 Å². The van der Waals surface area contributed by atoms with E-state index in [9.17, 15) is 0 Å². The lowest BCUT2D eigenvalue weighted by Gasteiger charge is -2.05. The van der Waals surface area contributed by atoms with E-state index in [1.54, 1.807) is 11.8 Å². The second kappa shape index (κ2) is 4.89. The minimum Gasteiger partial charge on any atom is -0.333 e. The number of rotatable bonds is 4. The smallest absolute Gasteiger partial charge is 0.166 e. The molecule has 0 saturated carbocycles. The molecule has 16 heavy (non-hydrogen) atoms. The molecule has 0 bridgehead atoms. The number of thioether (sulfide) groups is 1. The van der Waals surface area contributed by atoms with E-state index in [4.69, 9.17) is 5.73 Å². The molecule has 3 N–H and O–H groups in total. The SMILES string of the molecule is CCC(N)CSc1nc2ccc(C)cc2[nH]1. The highest BCUT2D eigenvalue weighted by Crippen LogP contribution is 2.20. The number of H-pyrrole nitrogens is 1. The molecule has 0 fully saturated rings. The van der Waals surface area contributed by atoms with Gasteiger partial charge in [-0.25, -0.2) is 4.98 Å². The Morgan fingerprint density at radius 3 is 3.06 bits per heavy atom. The number of nitrogens with zero attached hydrogens (tertiary/aromatic N) is 1. The molecular formula is C12H17N3S. The van der Waals surface area contributed by atoms with Gasteiger partial charge in [0, 0.05) is 11.8 Å². The average Bonchev–Trinajstić information content (AvgIpc) is 2.67. The zero-order chi connectivity index (χ0) is 11.5. The first-order valence-electron chi connectivity index (χ1n) is 5.53. The lowest BCUT2D eigenvalue weighted by atomic mass is 10.2. The largest absolute Gasteiger partial charge is 0.333 e. The molecule has 1 aromatic carbocycles. The van der Waals surface area contributed by atoms with Crippen LogP contribution >= 0.6 is 11.8 Å². The Hall–Kier alpha value is -1.00. The Kier molecular flexibility index (Phi) is 3.51. The maximum Gasteiger partial charge on any atom is 0.166 e. The van der Waals surface area contributed by atoms with Crippen molar-refractivity contribution in [2.75, 3.05) is 5.75 Å². The topological polar surface area (TPSA) is 54.7 Å². The summed E-state index contributed by atoms with van der Waals surface area (Å²) in [5.41, 5.74) is 9.26. The van der Waals surface area contributed by atoms with Gasteiger partial charge in [0.1, 0.15) is 0 Å². The van der Waals surface area contributed by atoms with E-state index in [1.165, 1.54) is 5.56 Å². The molecule has 1 atom stereocenters. The van der Waals surface area contributed by atoms with Crippen LogP contribution in [0.3, 0.4) is 0 Å². The third-order valence-electron chi connectivity index (χ3n) is 2.57. The van der Waals surface area contributed by atoms with E-state index in [-0.39, 0.29) is 6.04 Å². The maximum absolute atomic E-state index is 5.88. The van der Waals surface area contributed by atoms with E-state index < -0.39 is 0 Å². The first-order chi connectivity index (χ1) is 7.69. The molecule has 0 amide bonds. The third kappa shape index (κ3) is 2.57. The van der Waals surface area contributed by atoms with E-state index in [0.717, 1.165) is 28.4 Å². The van der Waals surface area contributed by atoms with Crippen LogP contribution in [0.2, 0.25) is 0 Å². The fourth-order valence-corrected chi connectivity index (χ4v) is 2.42. The van der Waals surface area contributed by atoms with Gasteiger partial charge in [0.15, 0.2) is 5.16 Å². The van der Waals surface area contributed by atoms with Crippen LogP contribution in [0.5, 0.6) is 0 Å². The predicted octanol–water partition coefficient (Wildman–Crippen LogP) is 2.70. The van der Waals surface area contributed by atoms with Crippen molar-refractivity contribution in [3.8, 4) is 0 Å². The van der Waals surface area contributed by atoms with Crippen molar-refractivity contribution in [3.05, 3.63) is 23.8 Å². The van der Waals surface area contributed by atoms with Crippen molar-refractivity contribution in [3.63, 3.8) is 0 Å². The molecular weight excluding hydrogens is 218 g/mol. The minimum absolute atomic E-state index is 0.250. The van der Waals surface area contributed by atoms with Crippen LogP contribution < -0.4 is 5.73 Å². The normalized spacial score (nSPS) is 13.2. The Bertz CT molecular complexity index is 478. The highest BCUT2D eigenvalue weighted by Gasteiger charge is 2.05. The number of aromatic amines is 1. The van der Waals surface area contributed by atoms with Crippen LogP contribution in [0.4, 0.5) is 0 Å². The maximum atomic E-state index is 5.88. The predicted molar refractivity (Wildman–Crippen MR) is 69.8 cm³/mol. The van der Waals surface area contributed by atoms with Gasteiger partial charge in [-0.15, -0.1) is 0 Å². The van der Waals surface area contributed by atoms with Crippen molar-refractivity contribution >= 4 is 22.8 Å². The van der Waals surface area contributed by atoms with E-state index in [1.807, 2.05) is 6.07 Å². The second-order valence-electron chi connectivity index (χ2n) is 4.04. The zero-order valence-electron chi connectivity index (χ0n) is 9.66. The molecule has 0 aliphatic rings. The van der Waals surface area contributed by atoms with Crippen molar-refractivity contribution in [1.82, 2.24) is 9.97 Å². The van der Waals surface area contributed by atoms with E-state index in [2.05, 4.69) is 35.9 Å². The van der Waals surface area contributed by atoms with Crippen LogP contribution in [0.1, 0.15) is 18.9 Å². The zero-order valence-corrected chi connectivity index (χ0v) is 10.5. The summed E-state index contributed by atoms with van der Waals surface area (Å²) >= 11 is 1.69. The molecule has 0 radical (unpaired) electrons. The average molecular weight is 235 g/mol. The summed E-state index contributed by atoms with van der Waals surface area (Å²) in [4.78, 5) is 7.82. The molecule has 86 valence electrons. The molecule has 0 saturated heterocycles. The van der Waals surface area contributed by atoms with Crippen molar-refractivity contribution in [2.45, 2.75) is 31.5 Å². The number of fused-ring (bicyclic) bond motifs is 1. The second-order valence-corrected chi connectivity index (χ2v) is 5.05. The van der Waals surface area contributed by atoms with Crippen LogP contribution in [-0.4, -0.2) is 21.8 Å². The van der Waals surface area contributed by atoms with Gasteiger partial charge in [0.25, 0.3) is 0 Å². The molecule has 1 unspecified atom stereocenters. The fourth-order valence-electron chi connectivity index (χ4n) is 1.47. The molecule has 0 aliphatic carbocycles. The van der Waals surface area contributed by atoms with Crippen LogP contribution in [0.25, 0.3) is 11.0 Å². The van der Waals surface area contributed by atoms with Crippen LogP contribution in [-0.2, 0) is 0 Å². The molecule has 0 aliphatic heterocycles. The third-order valence-corrected chi connectivity index (χ3v) is 3.64. The van der Waals surface area contributed by atoms with Gasteiger partial charge in [-0.1, -0.05) is 24.8 Å². The lowest BCUT2D eigenvalue weighted by molar-refractivity contribution is 0.724. The van der Waals surface area contributed by atoms with Crippen molar-refractivity contribution in [1.29, 1.82) is 0 Å². The van der Waals surface area contributed by atoms with Gasteiger partial charge >= 0.3 is 0 Å². The molecule has 3 nitrogen and oxygen atoms in total. The standard InChI is InChI=1S/C12H17N3S/c1-3-9(13)7-16-12-14-10-5-4-8(2)6-11(10)15-12/h4-6,9H,3,7,13H2,1-2H3,(H,14,15). The van der Waals surface area contributed by atoms with Crippen LogP contribution in [0.15, 0.2) is 23.4 Å². The Morgan fingerprint density at radius 1 is 1.50 bits per heavy atom. The summed E-state index contributed by atoms with van der Waals surface area (Å²) in [6, 6.07) is 6.49. The number of imidazole rings is 1. The highest BCUT2D eigenvalue weighted by atomic mass is 32.2. The van der Waals surface area contributed by atoms with Gasteiger partial charge in [-0.2, -0.15) is 0 Å². The first kappa shape index (κ1) is 11.5. The summed E-state index contributed by atoms with van der Waals surface area (Å²) in [6.45, 7) is 4.19. The quantitative estimate of drug-likeness (QED) is 0.801. The van der Waals surface area contributed by atoms with Gasteiger partial charge in [0.2, 0.25) is 0 Å². The first-order valence-corrected chi connectivity index (χ1v) is 6.52. The van der Waals surface area contributed by atoms with Gasteiger partial charge < -0.3 is 10.7 Å². The number of hydrogen-bond donors (Lipinski definition) is 2. The molecule has 2 aromatic rings. The number of aryl methyl sites for hydroxylation is 1. The van der Waals surface area contributed by atoms with Gasteiger partial charge in [-0.05, 0) is 31.0 Å². The number of benzene rings is 1. The molecule has 1 heterocycles. The molecule has 2 rings (SSSR count).